The Hall–Kier alpha value is -3.68. The lowest BCUT2D eigenvalue weighted by Crippen LogP contribution is -2.41. The normalized spacial score (nSPS) is 14.8. The quantitative estimate of drug-likeness (QED) is 0.699. The van der Waals surface area contributed by atoms with Crippen LogP contribution in [-0.2, 0) is 9.53 Å². The van der Waals surface area contributed by atoms with Gasteiger partial charge in [-0.15, -0.1) is 0 Å². The lowest BCUT2D eigenvalue weighted by Gasteiger charge is -2.18. The number of ether oxygens (including phenoxy) is 1. The maximum Gasteiger partial charge on any atom is 0.339 e. The lowest BCUT2D eigenvalue weighted by molar-refractivity contribution is -0.136. The number of urea groups is 1. The number of nitrogens with one attached hydrogen (secondary N) is 1. The first kappa shape index (κ1) is 17.7. The minimum atomic E-state index is -1.10. The number of rotatable bonds is 4. The van der Waals surface area contributed by atoms with Gasteiger partial charge in [0.1, 0.15) is 5.69 Å². The number of benzene rings is 1. The number of carbonyl (C=O) groups is 3. The summed E-state index contributed by atoms with van der Waals surface area (Å²) >= 11 is 0. The molecule has 1 fully saturated rings. The summed E-state index contributed by atoms with van der Waals surface area (Å²) in [5.41, 5.74) is 1.34. The molecule has 3 amide bonds. The molecular weight excluding hydrogens is 362 g/mol. The number of hydrogen-bond donors (Lipinski definition) is 1. The lowest BCUT2D eigenvalue weighted by atomic mass is 10.1. The van der Waals surface area contributed by atoms with Crippen LogP contribution in [0.25, 0.3) is 22.4 Å². The van der Waals surface area contributed by atoms with E-state index in [1.165, 1.54) is 13.2 Å². The van der Waals surface area contributed by atoms with Gasteiger partial charge in [-0.2, -0.15) is 0 Å². The van der Waals surface area contributed by atoms with Crippen molar-refractivity contribution in [3.05, 3.63) is 54.3 Å². The molecule has 0 radical (unpaired) electrons. The van der Waals surface area contributed by atoms with Crippen LogP contribution in [0.15, 0.2) is 53.1 Å². The van der Waals surface area contributed by atoms with Crippen molar-refractivity contribution in [1.29, 1.82) is 0 Å². The summed E-state index contributed by atoms with van der Waals surface area (Å²) in [6, 6.07) is 11.7. The number of nitrogens with zero attached hydrogens (tertiary/aromatic N) is 2. The first-order valence-corrected chi connectivity index (χ1v) is 8.78. The van der Waals surface area contributed by atoms with E-state index < -0.39 is 24.0 Å². The van der Waals surface area contributed by atoms with Crippen LogP contribution < -0.4 is 5.32 Å². The summed E-state index contributed by atoms with van der Waals surface area (Å²) < 4.78 is 10.8. The van der Waals surface area contributed by atoms with Gasteiger partial charge >= 0.3 is 12.0 Å². The molecule has 4 rings (SSSR count). The summed E-state index contributed by atoms with van der Waals surface area (Å²) in [7, 11) is 0. The Morgan fingerprint density at radius 2 is 2.07 bits per heavy atom. The molecule has 2 aromatic heterocycles. The number of imide groups is 1. The monoisotopic (exact) mass is 379 g/mol. The number of esters is 1. The molecule has 0 bridgehead atoms. The molecule has 1 unspecified atom stereocenters. The Bertz CT molecular complexity index is 1060. The molecule has 1 aliphatic heterocycles. The van der Waals surface area contributed by atoms with Gasteiger partial charge in [-0.3, -0.25) is 9.69 Å². The van der Waals surface area contributed by atoms with E-state index in [0.717, 1.165) is 4.90 Å². The van der Waals surface area contributed by atoms with E-state index in [0.29, 0.717) is 28.9 Å². The summed E-state index contributed by atoms with van der Waals surface area (Å²) in [6.07, 6.45) is 0.418. The van der Waals surface area contributed by atoms with Crippen molar-refractivity contribution in [2.45, 2.75) is 13.0 Å². The molecule has 1 aromatic carbocycles. The highest BCUT2D eigenvalue weighted by Crippen LogP contribution is 2.26. The minimum Gasteiger partial charge on any atom is -0.463 e. The zero-order valence-corrected chi connectivity index (χ0v) is 15.0. The minimum absolute atomic E-state index is 0.250. The van der Waals surface area contributed by atoms with Crippen LogP contribution in [0.4, 0.5) is 4.79 Å². The average molecular weight is 379 g/mol. The van der Waals surface area contributed by atoms with Gasteiger partial charge in [-0.05, 0) is 31.2 Å². The fraction of sp³-hybridized carbons (Fsp3) is 0.200. The second-order valence-corrected chi connectivity index (χ2v) is 6.32. The molecule has 0 spiro atoms. The number of para-hydroxylation sites is 1. The van der Waals surface area contributed by atoms with Crippen LogP contribution in [0.3, 0.4) is 0 Å². The fourth-order valence-corrected chi connectivity index (χ4v) is 3.07. The molecule has 1 N–H and O–H groups in total. The predicted octanol–water partition coefficient (Wildman–Crippen LogP) is 2.59. The summed E-state index contributed by atoms with van der Waals surface area (Å²) in [4.78, 5) is 42.5. The summed E-state index contributed by atoms with van der Waals surface area (Å²) in [6.45, 7) is 2.08. The maximum atomic E-state index is 12.8. The second-order valence-electron chi connectivity index (χ2n) is 6.32. The third-order valence-corrected chi connectivity index (χ3v) is 4.46. The van der Waals surface area contributed by atoms with Gasteiger partial charge in [-0.1, -0.05) is 18.2 Å². The van der Waals surface area contributed by atoms with E-state index in [1.807, 2.05) is 6.07 Å². The maximum absolute atomic E-state index is 12.8. The van der Waals surface area contributed by atoms with Crippen molar-refractivity contribution in [1.82, 2.24) is 15.2 Å². The Labute approximate surface area is 160 Å². The predicted molar refractivity (Wildman–Crippen MR) is 99.4 cm³/mol. The van der Waals surface area contributed by atoms with Crippen LogP contribution in [0.5, 0.6) is 0 Å². The Kier molecular flexibility index (Phi) is 4.52. The zero-order chi connectivity index (χ0) is 19.7. The van der Waals surface area contributed by atoms with E-state index >= 15 is 0 Å². The highest BCUT2D eigenvalue weighted by atomic mass is 16.5. The van der Waals surface area contributed by atoms with Gasteiger partial charge < -0.3 is 14.5 Å². The molecule has 8 heteroatoms. The number of furan rings is 1. The van der Waals surface area contributed by atoms with Crippen molar-refractivity contribution in [2.24, 2.45) is 0 Å². The molecule has 1 aliphatic rings. The highest BCUT2D eigenvalue weighted by Gasteiger charge is 2.32. The fourth-order valence-electron chi connectivity index (χ4n) is 3.07. The van der Waals surface area contributed by atoms with Crippen molar-refractivity contribution < 1.29 is 23.5 Å². The largest absolute Gasteiger partial charge is 0.463 e. The SMILES string of the molecule is CC(OC(=O)c1cc(-c2ccco2)nc2ccccc12)C(=O)N1CCNC1=O. The van der Waals surface area contributed by atoms with E-state index in [9.17, 15) is 14.4 Å². The van der Waals surface area contributed by atoms with Gasteiger partial charge in [0.2, 0.25) is 0 Å². The Morgan fingerprint density at radius 3 is 2.79 bits per heavy atom. The Morgan fingerprint density at radius 1 is 1.25 bits per heavy atom. The van der Waals surface area contributed by atoms with Crippen LogP contribution in [-0.4, -0.2) is 47.0 Å². The molecule has 1 saturated heterocycles. The van der Waals surface area contributed by atoms with E-state index in [1.54, 1.807) is 36.4 Å². The molecule has 8 nitrogen and oxygen atoms in total. The summed E-state index contributed by atoms with van der Waals surface area (Å²) in [5.74, 6) is -0.725. The number of aromatic nitrogens is 1. The van der Waals surface area contributed by atoms with Crippen molar-refractivity contribution in [3.8, 4) is 11.5 Å². The van der Waals surface area contributed by atoms with E-state index in [-0.39, 0.29) is 12.1 Å². The van der Waals surface area contributed by atoms with Gasteiger partial charge in [0.25, 0.3) is 5.91 Å². The molecular formula is C20H17N3O5. The van der Waals surface area contributed by atoms with Crippen molar-refractivity contribution in [2.75, 3.05) is 13.1 Å². The topological polar surface area (TPSA) is 102 Å². The second kappa shape index (κ2) is 7.15. The molecule has 1 atom stereocenters. The molecule has 3 aromatic rings. The summed E-state index contributed by atoms with van der Waals surface area (Å²) in [5, 5.41) is 3.14. The number of hydrogen-bond acceptors (Lipinski definition) is 6. The number of pyridine rings is 1. The smallest absolute Gasteiger partial charge is 0.339 e. The average Bonchev–Trinajstić information content (AvgIpc) is 3.38. The third kappa shape index (κ3) is 3.20. The van der Waals surface area contributed by atoms with Crippen LogP contribution in [0, 0.1) is 0 Å². The molecule has 0 aliphatic carbocycles. The molecule has 0 saturated carbocycles. The van der Waals surface area contributed by atoms with Crippen molar-refractivity contribution in [3.63, 3.8) is 0 Å². The highest BCUT2D eigenvalue weighted by molar-refractivity contribution is 6.06. The third-order valence-electron chi connectivity index (χ3n) is 4.46. The molecule has 28 heavy (non-hydrogen) atoms. The molecule has 142 valence electrons. The van der Waals surface area contributed by atoms with Gasteiger partial charge in [0.15, 0.2) is 11.9 Å². The van der Waals surface area contributed by atoms with Crippen molar-refractivity contribution >= 4 is 28.8 Å². The van der Waals surface area contributed by atoms with Gasteiger partial charge in [0.05, 0.1) is 17.3 Å². The standard InChI is InChI=1S/C20H17N3O5/c1-12(18(24)23-9-8-21-20(23)26)28-19(25)14-11-16(17-7-4-10-27-17)22-15-6-3-2-5-13(14)15/h2-7,10-12H,8-9H2,1H3,(H,21,26). The van der Waals surface area contributed by atoms with Crippen LogP contribution in [0.2, 0.25) is 0 Å². The molecule has 3 heterocycles. The number of amides is 3. The zero-order valence-electron chi connectivity index (χ0n) is 15.0. The first-order chi connectivity index (χ1) is 13.5. The van der Waals surface area contributed by atoms with Crippen LogP contribution in [0.1, 0.15) is 17.3 Å². The van der Waals surface area contributed by atoms with E-state index in [2.05, 4.69) is 10.3 Å². The van der Waals surface area contributed by atoms with E-state index in [4.69, 9.17) is 9.15 Å². The number of fused-ring (bicyclic) bond motifs is 1. The first-order valence-electron chi connectivity index (χ1n) is 8.78. The van der Waals surface area contributed by atoms with Crippen LogP contribution >= 0.6 is 0 Å². The Balaban J connectivity index is 1.65. The van der Waals surface area contributed by atoms with Gasteiger partial charge in [-0.25, -0.2) is 14.6 Å². The number of carbonyl (C=O) groups excluding carboxylic acids is 3. The van der Waals surface area contributed by atoms with Gasteiger partial charge in [0, 0.05) is 18.5 Å².